The summed E-state index contributed by atoms with van der Waals surface area (Å²) in [6, 6.07) is 2.09. The van der Waals surface area contributed by atoms with Gasteiger partial charge < -0.3 is 9.84 Å². The number of hydrogen-bond donors (Lipinski definition) is 1. The smallest absolute Gasteiger partial charge is 0.357 e. The molecule has 0 spiro atoms. The summed E-state index contributed by atoms with van der Waals surface area (Å²) in [6.07, 6.45) is -3.00. The number of carbonyl (C=O) groups is 1. The minimum atomic E-state index is -3.00. The molecule has 0 saturated heterocycles. The Bertz CT molecular complexity index is 469. The van der Waals surface area contributed by atoms with Gasteiger partial charge in [-0.25, -0.2) is 18.6 Å². The standard InChI is InChI=1S/C9H6F2N2O3/c1-16-9(15)7-4(8(10)11)2-6(14)5(3-12)13-7/h2,8,14H,1H3. The molecular weight excluding hydrogens is 222 g/mol. The number of esters is 1. The van der Waals surface area contributed by atoms with Crippen LogP contribution in [0.15, 0.2) is 6.07 Å². The van der Waals surface area contributed by atoms with Crippen LogP contribution >= 0.6 is 0 Å². The maximum atomic E-state index is 12.5. The van der Waals surface area contributed by atoms with Gasteiger partial charge in [-0.1, -0.05) is 0 Å². The van der Waals surface area contributed by atoms with E-state index in [2.05, 4.69) is 9.72 Å². The van der Waals surface area contributed by atoms with Gasteiger partial charge in [-0.15, -0.1) is 0 Å². The van der Waals surface area contributed by atoms with Crippen LogP contribution in [0.4, 0.5) is 8.78 Å². The number of pyridine rings is 1. The second-order valence-corrected chi connectivity index (χ2v) is 2.70. The Kier molecular flexibility index (Phi) is 3.35. The van der Waals surface area contributed by atoms with Gasteiger partial charge in [-0.05, 0) is 6.07 Å². The first-order chi connectivity index (χ1) is 7.51. The van der Waals surface area contributed by atoms with Gasteiger partial charge in [0.1, 0.15) is 6.07 Å². The molecule has 0 atom stereocenters. The van der Waals surface area contributed by atoms with Crippen molar-refractivity contribution in [2.24, 2.45) is 0 Å². The normalized spacial score (nSPS) is 9.94. The van der Waals surface area contributed by atoms with Crippen LogP contribution in [0, 0.1) is 11.3 Å². The van der Waals surface area contributed by atoms with Crippen molar-refractivity contribution in [1.82, 2.24) is 4.98 Å². The topological polar surface area (TPSA) is 83.2 Å². The van der Waals surface area contributed by atoms with E-state index >= 15 is 0 Å². The van der Waals surface area contributed by atoms with Crippen LogP contribution in [0.5, 0.6) is 5.75 Å². The van der Waals surface area contributed by atoms with E-state index in [1.54, 1.807) is 0 Å². The Morgan fingerprint density at radius 2 is 2.31 bits per heavy atom. The third-order valence-corrected chi connectivity index (χ3v) is 1.75. The van der Waals surface area contributed by atoms with Crippen molar-refractivity contribution in [3.63, 3.8) is 0 Å². The number of aromatic nitrogens is 1. The molecule has 1 aromatic rings. The van der Waals surface area contributed by atoms with Gasteiger partial charge in [0.2, 0.25) is 0 Å². The van der Waals surface area contributed by atoms with Crippen molar-refractivity contribution in [3.8, 4) is 11.8 Å². The van der Waals surface area contributed by atoms with Crippen molar-refractivity contribution < 1.29 is 23.4 Å². The minimum absolute atomic E-state index is 0.509. The zero-order chi connectivity index (χ0) is 12.3. The van der Waals surface area contributed by atoms with Crippen LogP contribution in [-0.4, -0.2) is 23.2 Å². The van der Waals surface area contributed by atoms with Crippen LogP contribution in [0.25, 0.3) is 0 Å². The molecule has 84 valence electrons. The van der Waals surface area contributed by atoms with E-state index in [-0.39, 0.29) is 0 Å². The summed E-state index contributed by atoms with van der Waals surface area (Å²) < 4.78 is 29.2. The maximum Gasteiger partial charge on any atom is 0.357 e. The van der Waals surface area contributed by atoms with E-state index in [1.165, 1.54) is 6.07 Å². The van der Waals surface area contributed by atoms with E-state index in [0.717, 1.165) is 7.11 Å². The molecule has 7 heteroatoms. The number of hydrogen-bond acceptors (Lipinski definition) is 5. The lowest BCUT2D eigenvalue weighted by Gasteiger charge is -2.07. The SMILES string of the molecule is COC(=O)c1nc(C#N)c(O)cc1C(F)F. The van der Waals surface area contributed by atoms with E-state index in [4.69, 9.17) is 10.4 Å². The molecule has 0 aliphatic heterocycles. The molecular formula is C9H6F2N2O3. The number of rotatable bonds is 2. The molecule has 0 aliphatic carbocycles. The largest absolute Gasteiger partial charge is 0.505 e. The summed E-state index contributed by atoms with van der Waals surface area (Å²) in [5.74, 6) is -1.79. The summed E-state index contributed by atoms with van der Waals surface area (Å²) in [7, 11) is 0.998. The Morgan fingerprint density at radius 1 is 1.69 bits per heavy atom. The predicted octanol–water partition coefficient (Wildman–Crippen LogP) is 1.38. The highest BCUT2D eigenvalue weighted by atomic mass is 19.3. The zero-order valence-corrected chi connectivity index (χ0v) is 8.07. The second kappa shape index (κ2) is 4.53. The summed E-state index contributed by atoms with van der Waals surface area (Å²) in [4.78, 5) is 14.4. The highest BCUT2D eigenvalue weighted by Gasteiger charge is 2.23. The van der Waals surface area contributed by atoms with Gasteiger partial charge in [-0.2, -0.15) is 5.26 Å². The maximum absolute atomic E-state index is 12.5. The molecule has 0 fully saturated rings. The number of halogens is 2. The molecule has 0 radical (unpaired) electrons. The predicted molar refractivity (Wildman–Crippen MR) is 46.9 cm³/mol. The highest BCUT2D eigenvalue weighted by Crippen LogP contribution is 2.27. The lowest BCUT2D eigenvalue weighted by atomic mass is 10.1. The quantitative estimate of drug-likeness (QED) is 0.773. The van der Waals surface area contributed by atoms with Gasteiger partial charge >= 0.3 is 5.97 Å². The third-order valence-electron chi connectivity index (χ3n) is 1.75. The van der Waals surface area contributed by atoms with Crippen LogP contribution < -0.4 is 0 Å². The van der Waals surface area contributed by atoms with Crippen LogP contribution in [0.3, 0.4) is 0 Å². The van der Waals surface area contributed by atoms with E-state index < -0.39 is 35.1 Å². The first-order valence-electron chi connectivity index (χ1n) is 4.01. The first kappa shape index (κ1) is 11.8. The third kappa shape index (κ3) is 2.06. The van der Waals surface area contributed by atoms with Gasteiger partial charge in [0.15, 0.2) is 17.1 Å². The Labute approximate surface area is 88.9 Å². The van der Waals surface area contributed by atoms with Gasteiger partial charge in [-0.3, -0.25) is 0 Å². The number of carbonyl (C=O) groups excluding carboxylic acids is 1. The van der Waals surface area contributed by atoms with Crippen molar-refractivity contribution in [1.29, 1.82) is 5.26 Å². The second-order valence-electron chi connectivity index (χ2n) is 2.70. The molecule has 0 amide bonds. The molecule has 0 saturated carbocycles. The Balaban J connectivity index is 3.44. The van der Waals surface area contributed by atoms with Crippen molar-refractivity contribution in [2.75, 3.05) is 7.11 Å². The van der Waals surface area contributed by atoms with Crippen molar-refractivity contribution >= 4 is 5.97 Å². The fourth-order valence-electron chi connectivity index (χ4n) is 1.03. The number of methoxy groups -OCH3 is 1. The summed E-state index contributed by atoms with van der Waals surface area (Å²) in [5.41, 5.74) is -1.96. The monoisotopic (exact) mass is 228 g/mol. The summed E-state index contributed by atoms with van der Waals surface area (Å²) in [5, 5.41) is 17.7. The molecule has 0 aliphatic rings. The van der Waals surface area contributed by atoms with Crippen LogP contribution in [0.2, 0.25) is 0 Å². The van der Waals surface area contributed by atoms with Gasteiger partial charge in [0.05, 0.1) is 12.7 Å². The van der Waals surface area contributed by atoms with Crippen LogP contribution in [0.1, 0.15) is 28.2 Å². The lowest BCUT2D eigenvalue weighted by molar-refractivity contribution is 0.0581. The van der Waals surface area contributed by atoms with Crippen molar-refractivity contribution in [2.45, 2.75) is 6.43 Å². The van der Waals surface area contributed by atoms with Gasteiger partial charge in [0, 0.05) is 0 Å². The lowest BCUT2D eigenvalue weighted by Crippen LogP contribution is -2.10. The molecule has 1 rings (SSSR count). The number of alkyl halides is 2. The van der Waals surface area contributed by atoms with E-state index in [9.17, 15) is 13.6 Å². The molecule has 5 nitrogen and oxygen atoms in total. The molecule has 1 N–H and O–H groups in total. The fourth-order valence-corrected chi connectivity index (χ4v) is 1.03. The number of ether oxygens (including phenoxy) is 1. The molecule has 16 heavy (non-hydrogen) atoms. The molecule has 0 aromatic carbocycles. The minimum Gasteiger partial charge on any atom is -0.505 e. The van der Waals surface area contributed by atoms with Crippen molar-refractivity contribution in [3.05, 3.63) is 23.0 Å². The molecule has 1 heterocycles. The molecule has 1 aromatic heterocycles. The van der Waals surface area contributed by atoms with Gasteiger partial charge in [0.25, 0.3) is 6.43 Å². The van der Waals surface area contributed by atoms with Crippen LogP contribution in [-0.2, 0) is 4.74 Å². The number of nitriles is 1. The highest BCUT2D eigenvalue weighted by molar-refractivity contribution is 5.89. The number of aromatic hydroxyl groups is 1. The molecule has 0 unspecified atom stereocenters. The fraction of sp³-hybridized carbons (Fsp3) is 0.222. The first-order valence-corrected chi connectivity index (χ1v) is 4.01. The average Bonchev–Trinajstić information content (AvgIpc) is 2.27. The Hall–Kier alpha value is -2.23. The molecule has 0 bridgehead atoms. The summed E-state index contributed by atoms with van der Waals surface area (Å²) >= 11 is 0. The summed E-state index contributed by atoms with van der Waals surface area (Å²) in [6.45, 7) is 0. The number of nitrogens with zero attached hydrogens (tertiary/aromatic N) is 2. The van der Waals surface area contributed by atoms with E-state index in [1.807, 2.05) is 0 Å². The average molecular weight is 228 g/mol. The Morgan fingerprint density at radius 3 is 2.75 bits per heavy atom. The zero-order valence-electron chi connectivity index (χ0n) is 8.07. The van der Waals surface area contributed by atoms with E-state index in [0.29, 0.717) is 6.07 Å².